The first kappa shape index (κ1) is 24.3. The van der Waals surface area contributed by atoms with Gasteiger partial charge in [-0.1, -0.05) is 24.7 Å². The number of carbonyl (C=O) groups excluding carboxylic acids is 2. The van der Waals surface area contributed by atoms with Crippen LogP contribution in [0.1, 0.15) is 49.9 Å². The number of fused-ring (bicyclic) bond motifs is 1. The molecule has 1 unspecified atom stereocenters. The number of piperidine rings is 1. The van der Waals surface area contributed by atoms with Crippen molar-refractivity contribution in [2.45, 2.75) is 50.5 Å². The van der Waals surface area contributed by atoms with E-state index in [4.69, 9.17) is 0 Å². The van der Waals surface area contributed by atoms with Gasteiger partial charge in [-0.15, -0.1) is 0 Å². The highest BCUT2D eigenvalue weighted by molar-refractivity contribution is 7.89. The van der Waals surface area contributed by atoms with E-state index in [1.165, 1.54) is 42.5 Å². The molecule has 34 heavy (non-hydrogen) atoms. The maximum Gasteiger partial charge on any atom is 0.279 e. The molecule has 1 N–H and O–H groups in total. The van der Waals surface area contributed by atoms with Gasteiger partial charge in [0.2, 0.25) is 15.9 Å². The van der Waals surface area contributed by atoms with Crippen molar-refractivity contribution in [3.63, 3.8) is 0 Å². The molecule has 0 saturated carbocycles. The molecule has 1 aromatic heterocycles. The van der Waals surface area contributed by atoms with E-state index in [2.05, 4.69) is 10.3 Å². The highest BCUT2D eigenvalue weighted by Crippen LogP contribution is 2.27. The molecule has 1 fully saturated rings. The van der Waals surface area contributed by atoms with Crippen LogP contribution in [0.15, 0.2) is 52.4 Å². The molecule has 1 saturated heterocycles. The predicted octanol–water partition coefficient (Wildman–Crippen LogP) is 3.89. The highest BCUT2D eigenvalue weighted by atomic mass is 32.2. The summed E-state index contributed by atoms with van der Waals surface area (Å²) in [5, 5.41) is 2.75. The van der Waals surface area contributed by atoms with Gasteiger partial charge in [-0.25, -0.2) is 8.42 Å². The minimum Gasteiger partial charge on any atom is -0.326 e. The summed E-state index contributed by atoms with van der Waals surface area (Å²) < 4.78 is 30.6. The third-order valence-electron chi connectivity index (χ3n) is 6.08. The molecule has 8 nitrogen and oxygen atoms in total. The van der Waals surface area contributed by atoms with E-state index in [-0.39, 0.29) is 16.8 Å². The summed E-state index contributed by atoms with van der Waals surface area (Å²) >= 11 is 1.34. The van der Waals surface area contributed by atoms with Gasteiger partial charge in [0.05, 0.1) is 15.1 Å². The predicted molar refractivity (Wildman–Crippen MR) is 133 cm³/mol. The number of nitrogens with zero attached hydrogens (tertiary/aromatic N) is 3. The summed E-state index contributed by atoms with van der Waals surface area (Å²) in [5.41, 5.74) is 1.88. The standard InChI is InChI=1S/C24H28N4O4S2/c1-4-19-7-5-6-14-28(19)34(31,32)20-11-8-17(9-12-20)23(30)26-24-27(3)21-13-10-18(25-16(2)29)15-22(21)33-24/h8-13,15,19H,4-7,14H2,1-3H3,(H,25,29). The molecule has 2 amide bonds. The number of thiazole rings is 1. The molecular weight excluding hydrogens is 472 g/mol. The lowest BCUT2D eigenvalue weighted by molar-refractivity contribution is -0.114. The number of aryl methyl sites for hydroxylation is 1. The van der Waals surface area contributed by atoms with Crippen LogP contribution in [0, 0.1) is 0 Å². The van der Waals surface area contributed by atoms with Crippen molar-refractivity contribution in [1.29, 1.82) is 0 Å². The molecule has 1 aliphatic rings. The third-order valence-corrected chi connectivity index (χ3v) is 9.14. The second kappa shape index (κ2) is 9.81. The summed E-state index contributed by atoms with van der Waals surface area (Å²) in [5.74, 6) is -0.603. The van der Waals surface area contributed by atoms with Crippen molar-refractivity contribution in [3.05, 3.63) is 52.8 Å². The van der Waals surface area contributed by atoms with Crippen molar-refractivity contribution in [2.24, 2.45) is 12.0 Å². The topological polar surface area (TPSA) is 101 Å². The van der Waals surface area contributed by atoms with Crippen molar-refractivity contribution >= 4 is 49.1 Å². The van der Waals surface area contributed by atoms with Crippen LogP contribution in [0.25, 0.3) is 10.2 Å². The third kappa shape index (κ3) is 4.84. The van der Waals surface area contributed by atoms with Crippen LogP contribution in [-0.4, -0.2) is 41.7 Å². The smallest absolute Gasteiger partial charge is 0.279 e. The molecule has 0 aliphatic carbocycles. The fourth-order valence-corrected chi connectivity index (χ4v) is 7.10. The molecule has 1 aliphatic heterocycles. The number of anilines is 1. The molecule has 0 radical (unpaired) electrons. The lowest BCUT2D eigenvalue weighted by Crippen LogP contribution is -2.43. The van der Waals surface area contributed by atoms with Crippen LogP contribution in [0.4, 0.5) is 5.69 Å². The Labute approximate surface area is 203 Å². The van der Waals surface area contributed by atoms with Gasteiger partial charge < -0.3 is 9.88 Å². The van der Waals surface area contributed by atoms with Gasteiger partial charge in [0.1, 0.15) is 0 Å². The lowest BCUT2D eigenvalue weighted by Gasteiger charge is -2.34. The Morgan fingerprint density at radius 2 is 1.88 bits per heavy atom. The summed E-state index contributed by atoms with van der Waals surface area (Å²) in [6.07, 6.45) is 3.57. The summed E-state index contributed by atoms with van der Waals surface area (Å²) in [6.45, 7) is 3.99. The van der Waals surface area contributed by atoms with Gasteiger partial charge in [0.15, 0.2) is 4.80 Å². The van der Waals surface area contributed by atoms with Crippen LogP contribution >= 0.6 is 11.3 Å². The van der Waals surface area contributed by atoms with E-state index in [0.29, 0.717) is 22.6 Å². The van der Waals surface area contributed by atoms with Crippen LogP contribution in [0.3, 0.4) is 0 Å². The number of benzene rings is 2. The first-order chi connectivity index (χ1) is 16.2. The van der Waals surface area contributed by atoms with Gasteiger partial charge in [-0.2, -0.15) is 9.30 Å². The Kier molecular flexibility index (Phi) is 7.01. The largest absolute Gasteiger partial charge is 0.326 e. The van der Waals surface area contributed by atoms with E-state index in [9.17, 15) is 18.0 Å². The number of sulfonamides is 1. The molecule has 1 atom stereocenters. The summed E-state index contributed by atoms with van der Waals surface area (Å²) in [7, 11) is -1.78. The Morgan fingerprint density at radius 3 is 2.56 bits per heavy atom. The van der Waals surface area contributed by atoms with E-state index >= 15 is 0 Å². The number of carbonyl (C=O) groups is 2. The van der Waals surface area contributed by atoms with Crippen molar-refractivity contribution in [1.82, 2.24) is 8.87 Å². The fourth-order valence-electron chi connectivity index (χ4n) is 4.28. The average Bonchev–Trinajstić information content (AvgIpc) is 3.13. The number of hydrogen-bond acceptors (Lipinski definition) is 5. The van der Waals surface area contributed by atoms with Gasteiger partial charge in [-0.3, -0.25) is 9.59 Å². The normalized spacial score (nSPS) is 17.7. The number of hydrogen-bond donors (Lipinski definition) is 1. The second-order valence-corrected chi connectivity index (χ2v) is 11.3. The molecule has 180 valence electrons. The highest BCUT2D eigenvalue weighted by Gasteiger charge is 2.32. The molecule has 10 heteroatoms. The minimum atomic E-state index is -3.60. The summed E-state index contributed by atoms with van der Waals surface area (Å²) in [6, 6.07) is 11.5. The lowest BCUT2D eigenvalue weighted by atomic mass is 10.0. The first-order valence-corrected chi connectivity index (χ1v) is 13.5. The zero-order chi connectivity index (χ0) is 24.5. The Hall–Kier alpha value is -2.82. The van der Waals surface area contributed by atoms with Crippen LogP contribution in [0.2, 0.25) is 0 Å². The average molecular weight is 501 g/mol. The number of rotatable bonds is 5. The van der Waals surface area contributed by atoms with E-state index in [0.717, 1.165) is 35.9 Å². The van der Waals surface area contributed by atoms with E-state index < -0.39 is 15.9 Å². The first-order valence-electron chi connectivity index (χ1n) is 11.3. The van der Waals surface area contributed by atoms with Gasteiger partial charge >= 0.3 is 0 Å². The number of aromatic nitrogens is 1. The maximum absolute atomic E-state index is 13.2. The molecule has 4 rings (SSSR count). The monoisotopic (exact) mass is 500 g/mol. The molecule has 0 bridgehead atoms. The summed E-state index contributed by atoms with van der Waals surface area (Å²) in [4.78, 5) is 29.1. The Morgan fingerprint density at radius 1 is 1.15 bits per heavy atom. The molecular formula is C24H28N4O4S2. The zero-order valence-electron chi connectivity index (χ0n) is 19.4. The zero-order valence-corrected chi connectivity index (χ0v) is 21.1. The van der Waals surface area contributed by atoms with Crippen molar-refractivity contribution in [2.75, 3.05) is 11.9 Å². The molecule has 2 aromatic carbocycles. The molecule has 3 aromatic rings. The van der Waals surface area contributed by atoms with Crippen LogP contribution < -0.4 is 10.1 Å². The van der Waals surface area contributed by atoms with Gasteiger partial charge in [0.25, 0.3) is 5.91 Å². The van der Waals surface area contributed by atoms with Crippen molar-refractivity contribution < 1.29 is 18.0 Å². The Balaban J connectivity index is 1.60. The van der Waals surface area contributed by atoms with Crippen LogP contribution in [-0.2, 0) is 21.9 Å². The molecule has 2 heterocycles. The maximum atomic E-state index is 13.2. The number of nitrogens with one attached hydrogen (secondary N) is 1. The van der Waals surface area contributed by atoms with E-state index in [1.54, 1.807) is 10.4 Å². The minimum absolute atomic E-state index is 0.0224. The van der Waals surface area contributed by atoms with Gasteiger partial charge in [0, 0.05) is 37.8 Å². The van der Waals surface area contributed by atoms with E-state index in [1.807, 2.05) is 30.7 Å². The van der Waals surface area contributed by atoms with Crippen molar-refractivity contribution in [3.8, 4) is 0 Å². The molecule has 0 spiro atoms. The fraction of sp³-hybridized carbons (Fsp3) is 0.375. The SMILES string of the molecule is CCC1CCCCN1S(=O)(=O)c1ccc(C(=O)N=c2sc3cc(NC(C)=O)ccc3n2C)cc1. The second-order valence-electron chi connectivity index (χ2n) is 8.42. The number of amides is 2. The Bertz CT molecular complexity index is 1400. The quantitative estimate of drug-likeness (QED) is 0.574. The van der Waals surface area contributed by atoms with Crippen LogP contribution in [0.5, 0.6) is 0 Å². The van der Waals surface area contributed by atoms with Gasteiger partial charge in [-0.05, 0) is 61.7 Å².